The summed E-state index contributed by atoms with van der Waals surface area (Å²) in [5.74, 6) is 0. The number of carbonyl (C=O) groups excluding carboxylic acids is 1. The van der Waals surface area contributed by atoms with Gasteiger partial charge in [0.05, 0.1) is 44.2 Å². The van der Waals surface area contributed by atoms with Crippen LogP contribution in [0.5, 0.6) is 0 Å². The topological polar surface area (TPSA) is 122 Å². The van der Waals surface area contributed by atoms with Crippen molar-refractivity contribution in [2.24, 2.45) is 0 Å². The van der Waals surface area contributed by atoms with E-state index in [9.17, 15) is 13.2 Å². The Labute approximate surface area is 200 Å². The molecular weight excluding hydrogens is 452 g/mol. The van der Waals surface area contributed by atoms with Crippen molar-refractivity contribution in [3.8, 4) is 12.1 Å². The van der Waals surface area contributed by atoms with E-state index in [1.54, 1.807) is 12.1 Å². The smallest absolute Gasteiger partial charge is 0.331 e. The van der Waals surface area contributed by atoms with Crippen molar-refractivity contribution in [2.75, 3.05) is 39.3 Å². The van der Waals surface area contributed by atoms with E-state index in [-0.39, 0.29) is 10.5 Å². The first-order valence-electron chi connectivity index (χ1n) is 11.0. The Morgan fingerprint density at radius 3 is 2.12 bits per heavy atom. The molecule has 0 saturated carbocycles. The first-order chi connectivity index (χ1) is 16.1. The van der Waals surface area contributed by atoms with Gasteiger partial charge in [-0.05, 0) is 45.1 Å². The summed E-state index contributed by atoms with van der Waals surface area (Å²) in [6.07, 6.45) is 3.70. The highest BCUT2D eigenvalue weighted by molar-refractivity contribution is 7.90. The van der Waals surface area contributed by atoms with Gasteiger partial charge in [0, 0.05) is 17.0 Å². The zero-order valence-corrected chi connectivity index (χ0v) is 20.4. The van der Waals surface area contributed by atoms with Crippen LogP contribution >= 0.6 is 0 Å². The quantitative estimate of drug-likeness (QED) is 0.607. The molecule has 2 aliphatic heterocycles. The molecule has 2 N–H and O–H groups in total. The number of nitrogens with zero attached hydrogens (tertiary/aromatic N) is 4. The maximum Gasteiger partial charge on any atom is 0.331 e. The number of amides is 2. The molecule has 178 valence electrons. The first kappa shape index (κ1) is 25.0. The fourth-order valence-corrected chi connectivity index (χ4v) is 5.05. The van der Waals surface area contributed by atoms with Crippen molar-refractivity contribution in [1.82, 2.24) is 14.5 Å². The minimum absolute atomic E-state index is 0.0683. The van der Waals surface area contributed by atoms with E-state index in [1.165, 1.54) is 21.9 Å². The number of urea groups is 1. The summed E-state index contributed by atoms with van der Waals surface area (Å²) in [6.45, 7) is 9.75. The molecule has 1 fully saturated rings. The van der Waals surface area contributed by atoms with Crippen LogP contribution in [0.4, 0.5) is 4.79 Å². The molecule has 34 heavy (non-hydrogen) atoms. The number of sulfonamides is 1. The Hall–Kier alpha value is -3.60. The second-order valence-electron chi connectivity index (χ2n) is 8.49. The van der Waals surface area contributed by atoms with Gasteiger partial charge in [-0.25, -0.2) is 17.9 Å². The van der Waals surface area contributed by atoms with Gasteiger partial charge in [-0.15, -0.1) is 0 Å². The molecule has 2 heterocycles. The van der Waals surface area contributed by atoms with Crippen molar-refractivity contribution in [2.45, 2.75) is 25.7 Å². The second kappa shape index (κ2) is 10.6. The standard InChI is InChI=1S/C24H28N6O3S/c1-18-4-6-23(7-5-18)34(32,33)27-24(31)29-11-8-28(9-12-29)10-13-30-19(2)14-21(15-20(30)3)22(16-25)17-26/h4-7,14-15H,8-13H2,1-3H3,(H,27,31)/p+1. The summed E-state index contributed by atoms with van der Waals surface area (Å²) in [4.78, 5) is 17.6. The number of quaternary nitrogens is 1. The number of benzene rings is 1. The lowest BCUT2D eigenvalue weighted by atomic mass is 10.0. The molecule has 10 heteroatoms. The SMILES string of the molecule is CC1=CC(=C(C#N)C#N)C=C(C)N1CC[NH+]1CCN(C(=O)NS(=O)(=O)c2ccc(C)cc2)CC1. The van der Waals surface area contributed by atoms with Gasteiger partial charge < -0.3 is 14.7 Å². The number of piperazine rings is 1. The average molecular weight is 482 g/mol. The van der Waals surface area contributed by atoms with Gasteiger partial charge in [0.1, 0.15) is 17.7 Å². The van der Waals surface area contributed by atoms with E-state index in [4.69, 9.17) is 10.5 Å². The summed E-state index contributed by atoms with van der Waals surface area (Å²) in [5, 5.41) is 18.2. The van der Waals surface area contributed by atoms with E-state index in [0.29, 0.717) is 18.7 Å². The summed E-state index contributed by atoms with van der Waals surface area (Å²) in [5.41, 5.74) is 3.61. The zero-order valence-electron chi connectivity index (χ0n) is 19.6. The van der Waals surface area contributed by atoms with E-state index < -0.39 is 16.1 Å². The Kier molecular flexibility index (Phi) is 7.77. The number of nitrogens with one attached hydrogen (secondary N) is 2. The monoisotopic (exact) mass is 481 g/mol. The highest BCUT2D eigenvalue weighted by Crippen LogP contribution is 2.23. The first-order valence-corrected chi connectivity index (χ1v) is 12.5. The molecule has 0 unspecified atom stereocenters. The molecule has 0 aliphatic carbocycles. The summed E-state index contributed by atoms with van der Waals surface area (Å²) in [7, 11) is -3.90. The van der Waals surface area contributed by atoms with Crippen LogP contribution in [0.25, 0.3) is 0 Å². The van der Waals surface area contributed by atoms with Crippen LogP contribution < -0.4 is 9.62 Å². The molecule has 0 spiro atoms. The lowest BCUT2D eigenvalue weighted by molar-refractivity contribution is -0.903. The van der Waals surface area contributed by atoms with E-state index in [2.05, 4.69) is 9.62 Å². The van der Waals surface area contributed by atoms with Crippen molar-refractivity contribution < 1.29 is 18.1 Å². The predicted molar refractivity (Wildman–Crippen MR) is 127 cm³/mol. The molecular formula is C24H29N6O3S+. The fourth-order valence-electron chi connectivity index (χ4n) is 4.08. The minimum Gasteiger partial charge on any atom is -0.344 e. The maximum absolute atomic E-state index is 12.5. The van der Waals surface area contributed by atoms with Gasteiger partial charge in [0.2, 0.25) is 0 Å². The largest absolute Gasteiger partial charge is 0.344 e. The third-order valence-electron chi connectivity index (χ3n) is 6.09. The zero-order chi connectivity index (χ0) is 24.9. The van der Waals surface area contributed by atoms with Crippen molar-refractivity contribution in [1.29, 1.82) is 10.5 Å². The Morgan fingerprint density at radius 2 is 1.59 bits per heavy atom. The Morgan fingerprint density at radius 1 is 1.03 bits per heavy atom. The molecule has 2 aliphatic rings. The van der Waals surface area contributed by atoms with Gasteiger partial charge in [-0.1, -0.05) is 17.7 Å². The van der Waals surface area contributed by atoms with E-state index in [0.717, 1.165) is 43.1 Å². The lowest BCUT2D eigenvalue weighted by Gasteiger charge is -2.35. The Bertz CT molecular complexity index is 1190. The van der Waals surface area contributed by atoms with Crippen LogP contribution in [0.2, 0.25) is 0 Å². The number of carbonyl (C=O) groups is 1. The molecule has 2 amide bonds. The maximum atomic E-state index is 12.5. The third-order valence-corrected chi connectivity index (χ3v) is 7.43. The molecule has 0 radical (unpaired) electrons. The van der Waals surface area contributed by atoms with Crippen molar-refractivity contribution in [3.05, 3.63) is 64.5 Å². The van der Waals surface area contributed by atoms with Crippen molar-refractivity contribution >= 4 is 16.1 Å². The molecule has 0 bridgehead atoms. The summed E-state index contributed by atoms with van der Waals surface area (Å²) >= 11 is 0. The van der Waals surface area contributed by atoms with Gasteiger partial charge in [0.25, 0.3) is 10.0 Å². The minimum atomic E-state index is -3.90. The van der Waals surface area contributed by atoms with Crippen LogP contribution in [-0.4, -0.2) is 63.5 Å². The highest BCUT2D eigenvalue weighted by atomic mass is 32.2. The van der Waals surface area contributed by atoms with E-state index in [1.807, 2.05) is 45.1 Å². The number of hydrogen-bond donors (Lipinski definition) is 2. The van der Waals surface area contributed by atoms with Crippen LogP contribution in [0.15, 0.2) is 63.9 Å². The molecule has 9 nitrogen and oxygen atoms in total. The molecule has 0 atom stereocenters. The average Bonchev–Trinajstić information content (AvgIpc) is 2.80. The van der Waals surface area contributed by atoms with Crippen molar-refractivity contribution in [3.63, 3.8) is 0 Å². The van der Waals surface area contributed by atoms with Crippen LogP contribution in [-0.2, 0) is 10.0 Å². The number of aryl methyl sites for hydroxylation is 1. The number of hydrogen-bond acceptors (Lipinski definition) is 6. The summed E-state index contributed by atoms with van der Waals surface area (Å²) in [6, 6.07) is 9.63. The second-order valence-corrected chi connectivity index (χ2v) is 10.2. The fraction of sp³-hybridized carbons (Fsp3) is 0.375. The molecule has 0 aromatic heterocycles. The predicted octanol–water partition coefficient (Wildman–Crippen LogP) is 1.06. The van der Waals surface area contributed by atoms with Gasteiger partial charge in [0.15, 0.2) is 0 Å². The Balaban J connectivity index is 1.51. The van der Waals surface area contributed by atoms with Crippen LogP contribution in [0, 0.1) is 29.6 Å². The lowest BCUT2D eigenvalue weighted by Crippen LogP contribution is -3.15. The highest BCUT2D eigenvalue weighted by Gasteiger charge is 2.27. The third kappa shape index (κ3) is 5.84. The van der Waals surface area contributed by atoms with Gasteiger partial charge in [-0.3, -0.25) is 0 Å². The van der Waals surface area contributed by atoms with Crippen LogP contribution in [0.3, 0.4) is 0 Å². The number of rotatable bonds is 5. The summed E-state index contributed by atoms with van der Waals surface area (Å²) < 4.78 is 27.1. The molecule has 1 aromatic carbocycles. The van der Waals surface area contributed by atoms with E-state index >= 15 is 0 Å². The van der Waals surface area contributed by atoms with Gasteiger partial charge in [-0.2, -0.15) is 10.5 Å². The normalized spacial score (nSPS) is 16.8. The van der Waals surface area contributed by atoms with Gasteiger partial charge >= 0.3 is 6.03 Å². The molecule has 1 aromatic rings. The molecule has 3 rings (SSSR count). The molecule has 1 saturated heterocycles. The number of nitriles is 2. The number of allylic oxidation sites excluding steroid dienone is 6. The van der Waals surface area contributed by atoms with Crippen LogP contribution in [0.1, 0.15) is 19.4 Å².